The number of carbonyl (C=O) groups excluding carboxylic acids is 1. The molecule has 0 heterocycles. The van der Waals surface area contributed by atoms with Crippen LogP contribution >= 0.6 is 12.4 Å². The molecule has 0 aromatic heterocycles. The van der Waals surface area contributed by atoms with E-state index in [1.807, 2.05) is 13.8 Å². The molecule has 0 aromatic carbocycles. The first-order chi connectivity index (χ1) is 4.20. The number of rotatable bonds is 4. The van der Waals surface area contributed by atoms with Crippen LogP contribution in [0.4, 0.5) is 0 Å². The third kappa shape index (κ3) is 10.7. The molecule has 0 aliphatic heterocycles. The molecule has 0 N–H and O–H groups in total. The number of likely N-dealkylation sites (N-methyl/N-ethyl adjacent to an activating group) is 1. The van der Waals surface area contributed by atoms with Crippen molar-refractivity contribution in [2.45, 2.75) is 13.8 Å². The van der Waals surface area contributed by atoms with Gasteiger partial charge in [0.2, 0.25) is 0 Å². The number of carboxylic acids is 1. The smallest absolute Gasteiger partial charge is 0.549 e. The van der Waals surface area contributed by atoms with Crippen molar-refractivity contribution in [3.8, 4) is 0 Å². The quantitative estimate of drug-likeness (QED) is 0.431. The first-order valence-corrected chi connectivity index (χ1v) is 3.12. The van der Waals surface area contributed by atoms with Crippen LogP contribution in [-0.4, -0.2) is 30.5 Å². The average Bonchev–Trinajstić information content (AvgIpc) is 1.82. The van der Waals surface area contributed by atoms with E-state index in [0.29, 0.717) is 0 Å². The summed E-state index contributed by atoms with van der Waals surface area (Å²) in [6.07, 6.45) is 0. The Morgan fingerprint density at radius 3 is 1.82 bits per heavy atom. The van der Waals surface area contributed by atoms with Gasteiger partial charge in [0.15, 0.2) is 0 Å². The number of halogens is 1. The van der Waals surface area contributed by atoms with E-state index in [1.165, 1.54) is 0 Å². The van der Waals surface area contributed by atoms with Crippen molar-refractivity contribution in [2.24, 2.45) is 0 Å². The summed E-state index contributed by atoms with van der Waals surface area (Å²) < 4.78 is 0. The molecule has 0 saturated carbocycles. The first-order valence-electron chi connectivity index (χ1n) is 3.12. The zero-order valence-electron chi connectivity index (χ0n) is 7.29. The second kappa shape index (κ2) is 10.7. The molecule has 0 spiro atoms. The van der Waals surface area contributed by atoms with Crippen molar-refractivity contribution in [1.29, 1.82) is 0 Å². The van der Waals surface area contributed by atoms with Crippen molar-refractivity contribution in [3.05, 3.63) is 0 Å². The normalized spacial score (nSPS) is 8.27. The molecule has 0 atom stereocenters. The Kier molecular flexibility index (Phi) is 17.3. The van der Waals surface area contributed by atoms with Crippen molar-refractivity contribution < 1.29 is 39.5 Å². The fourth-order valence-corrected chi connectivity index (χ4v) is 0.630. The molecule has 11 heavy (non-hydrogen) atoms. The summed E-state index contributed by atoms with van der Waals surface area (Å²) in [7, 11) is 0. The summed E-state index contributed by atoms with van der Waals surface area (Å²) in [6, 6.07) is 0. The van der Waals surface area contributed by atoms with Crippen LogP contribution < -0.4 is 34.7 Å². The Morgan fingerprint density at radius 2 is 1.73 bits per heavy atom. The maximum Gasteiger partial charge on any atom is 1.00 e. The predicted molar refractivity (Wildman–Crippen MR) is 40.0 cm³/mol. The monoisotopic (exact) mass is 189 g/mol. The summed E-state index contributed by atoms with van der Waals surface area (Å²) in [6.45, 7) is 5.43. The number of carboxylic acid groups (broad SMARTS) is 1. The molecule has 0 unspecified atom stereocenters. The molecule has 5 heteroatoms. The van der Waals surface area contributed by atoms with Gasteiger partial charge in [-0.2, -0.15) is 0 Å². The largest absolute Gasteiger partial charge is 1.00 e. The van der Waals surface area contributed by atoms with Crippen LogP contribution in [0.15, 0.2) is 0 Å². The van der Waals surface area contributed by atoms with Crippen LogP contribution in [0.2, 0.25) is 0 Å². The number of carbonyl (C=O) groups is 1. The van der Waals surface area contributed by atoms with Gasteiger partial charge in [-0.25, -0.2) is 0 Å². The van der Waals surface area contributed by atoms with E-state index in [-0.39, 0.29) is 48.5 Å². The van der Waals surface area contributed by atoms with Gasteiger partial charge in [-0.05, 0) is 13.1 Å². The second-order valence-corrected chi connectivity index (χ2v) is 1.83. The zero-order valence-corrected chi connectivity index (χ0v) is 10.1. The van der Waals surface area contributed by atoms with Crippen molar-refractivity contribution in [1.82, 2.24) is 4.90 Å². The first kappa shape index (κ1) is 17.7. The molecular formula is C6H13ClNNaO2. The van der Waals surface area contributed by atoms with Gasteiger partial charge in [0.05, 0.1) is 5.97 Å². The SMILES string of the molecule is CCN(CC)CC(=O)[O-].Cl.[Na+]. The van der Waals surface area contributed by atoms with Gasteiger partial charge in [-0.1, -0.05) is 13.8 Å². The van der Waals surface area contributed by atoms with E-state index < -0.39 is 5.97 Å². The van der Waals surface area contributed by atoms with E-state index in [0.717, 1.165) is 13.1 Å². The number of hydrogen-bond acceptors (Lipinski definition) is 3. The molecule has 0 rings (SSSR count). The summed E-state index contributed by atoms with van der Waals surface area (Å²) in [4.78, 5) is 11.8. The Labute approximate surface area is 95.8 Å². The Balaban J connectivity index is -0.000000320. The average molecular weight is 190 g/mol. The topological polar surface area (TPSA) is 43.4 Å². The summed E-state index contributed by atoms with van der Waals surface area (Å²) >= 11 is 0. The summed E-state index contributed by atoms with van der Waals surface area (Å²) in [5, 5.41) is 9.97. The van der Waals surface area contributed by atoms with Crippen molar-refractivity contribution in [3.63, 3.8) is 0 Å². The van der Waals surface area contributed by atoms with Gasteiger partial charge >= 0.3 is 29.6 Å². The third-order valence-electron chi connectivity index (χ3n) is 1.25. The predicted octanol–water partition coefficient (Wildman–Crippen LogP) is -3.50. The minimum atomic E-state index is -1.00. The van der Waals surface area contributed by atoms with E-state index in [9.17, 15) is 9.90 Å². The maximum absolute atomic E-state index is 9.97. The zero-order chi connectivity index (χ0) is 7.28. The van der Waals surface area contributed by atoms with Gasteiger partial charge in [0, 0.05) is 6.54 Å². The molecule has 0 aromatic rings. The van der Waals surface area contributed by atoms with E-state index >= 15 is 0 Å². The number of aliphatic carboxylic acids is 1. The van der Waals surface area contributed by atoms with Crippen LogP contribution in [0.5, 0.6) is 0 Å². The summed E-state index contributed by atoms with van der Waals surface area (Å²) in [5.74, 6) is -1.00. The van der Waals surface area contributed by atoms with Crippen molar-refractivity contribution >= 4 is 18.4 Å². The standard InChI is InChI=1S/C6H13NO2.ClH.Na/c1-3-7(4-2)5-6(8)9;;/h3-5H2,1-2H3,(H,8,9);1H;/q;;+1/p-1. The number of hydrogen-bond donors (Lipinski definition) is 0. The maximum atomic E-state index is 9.97. The van der Waals surface area contributed by atoms with E-state index in [4.69, 9.17) is 0 Å². The molecular weight excluding hydrogens is 177 g/mol. The van der Waals surface area contributed by atoms with Crippen molar-refractivity contribution in [2.75, 3.05) is 19.6 Å². The Morgan fingerprint density at radius 1 is 1.36 bits per heavy atom. The molecule has 0 amide bonds. The number of nitrogens with zero attached hydrogens (tertiary/aromatic N) is 1. The molecule has 0 bridgehead atoms. The van der Waals surface area contributed by atoms with Gasteiger partial charge in [0.1, 0.15) is 0 Å². The van der Waals surface area contributed by atoms with Crippen LogP contribution in [0.1, 0.15) is 13.8 Å². The van der Waals surface area contributed by atoms with Gasteiger partial charge in [0.25, 0.3) is 0 Å². The van der Waals surface area contributed by atoms with Crippen LogP contribution in [-0.2, 0) is 4.79 Å². The third-order valence-corrected chi connectivity index (χ3v) is 1.25. The molecule has 0 radical (unpaired) electrons. The molecule has 62 valence electrons. The summed E-state index contributed by atoms with van der Waals surface area (Å²) in [5.41, 5.74) is 0. The minimum absolute atomic E-state index is 0. The Bertz CT molecular complexity index is 98.6. The Hall–Kier alpha value is 0.720. The fourth-order valence-electron chi connectivity index (χ4n) is 0.630. The van der Waals surface area contributed by atoms with Crippen LogP contribution in [0.3, 0.4) is 0 Å². The molecule has 0 fully saturated rings. The molecule has 0 saturated heterocycles. The fraction of sp³-hybridized carbons (Fsp3) is 0.833. The van der Waals surface area contributed by atoms with Gasteiger partial charge in [-0.15, -0.1) is 12.4 Å². The van der Waals surface area contributed by atoms with Gasteiger partial charge < -0.3 is 9.90 Å². The van der Waals surface area contributed by atoms with E-state index in [2.05, 4.69) is 0 Å². The van der Waals surface area contributed by atoms with Crippen LogP contribution in [0, 0.1) is 0 Å². The molecule has 3 nitrogen and oxygen atoms in total. The van der Waals surface area contributed by atoms with Gasteiger partial charge in [-0.3, -0.25) is 4.90 Å². The molecule has 0 aliphatic carbocycles. The molecule has 0 aliphatic rings. The van der Waals surface area contributed by atoms with E-state index in [1.54, 1.807) is 4.90 Å². The van der Waals surface area contributed by atoms with Crippen LogP contribution in [0.25, 0.3) is 0 Å². The minimum Gasteiger partial charge on any atom is -0.549 e. The second-order valence-electron chi connectivity index (χ2n) is 1.83.